The summed E-state index contributed by atoms with van der Waals surface area (Å²) in [4.78, 5) is 22.6. The fourth-order valence-electron chi connectivity index (χ4n) is 1.99. The smallest absolute Gasteiger partial charge is 0.270 e. The van der Waals surface area contributed by atoms with Crippen LogP contribution >= 0.6 is 23.2 Å². The molecule has 25 heavy (non-hydrogen) atoms. The van der Waals surface area contributed by atoms with Crippen LogP contribution in [0.15, 0.2) is 42.0 Å². The molecule has 0 atom stereocenters. The van der Waals surface area contributed by atoms with Crippen molar-refractivity contribution in [1.82, 2.24) is 0 Å². The lowest BCUT2D eigenvalue weighted by atomic mass is 10.1. The second-order valence-corrected chi connectivity index (χ2v) is 5.81. The van der Waals surface area contributed by atoms with Gasteiger partial charge in [0.2, 0.25) is 0 Å². The molecule has 1 N–H and O–H groups in total. The summed E-state index contributed by atoms with van der Waals surface area (Å²) in [6.07, 6.45) is 1.20. The van der Waals surface area contributed by atoms with Crippen LogP contribution in [0.2, 0.25) is 10.0 Å². The maximum absolute atomic E-state index is 12.3. The summed E-state index contributed by atoms with van der Waals surface area (Å²) in [5.41, 5.74) is 0.873. The summed E-state index contributed by atoms with van der Waals surface area (Å²) in [6, 6.07) is 10.5. The van der Waals surface area contributed by atoms with Crippen molar-refractivity contribution in [2.24, 2.45) is 0 Å². The number of non-ortho nitro benzene ring substituents is 1. The van der Waals surface area contributed by atoms with Crippen molar-refractivity contribution in [3.63, 3.8) is 0 Å². The van der Waals surface area contributed by atoms with Crippen LogP contribution in [0.4, 0.5) is 11.4 Å². The number of nitrogens with zero attached hydrogens (tertiary/aromatic N) is 2. The molecule has 2 rings (SSSR count). The van der Waals surface area contributed by atoms with Gasteiger partial charge in [-0.1, -0.05) is 29.3 Å². The number of halogens is 2. The Morgan fingerprint density at radius 1 is 1.28 bits per heavy atom. The first kappa shape index (κ1) is 18.5. The number of benzene rings is 2. The number of hydrogen-bond donors (Lipinski definition) is 1. The molecule has 0 aliphatic carbocycles. The third-order valence-corrected chi connectivity index (χ3v) is 4.12. The largest absolute Gasteiger partial charge is 0.321 e. The van der Waals surface area contributed by atoms with Gasteiger partial charge in [0, 0.05) is 33.4 Å². The van der Waals surface area contributed by atoms with Crippen molar-refractivity contribution < 1.29 is 9.72 Å². The van der Waals surface area contributed by atoms with Crippen molar-refractivity contribution in [2.45, 2.75) is 6.92 Å². The van der Waals surface area contributed by atoms with Crippen LogP contribution in [0.5, 0.6) is 0 Å². The van der Waals surface area contributed by atoms with Crippen LogP contribution in [0.1, 0.15) is 11.1 Å². The van der Waals surface area contributed by atoms with Crippen LogP contribution in [0.3, 0.4) is 0 Å². The molecular weight excluding hydrogens is 365 g/mol. The number of nitro benzene ring substituents is 1. The highest BCUT2D eigenvalue weighted by Gasteiger charge is 2.14. The predicted octanol–water partition coefficient (Wildman–Crippen LogP) is 4.76. The molecule has 0 bridgehead atoms. The summed E-state index contributed by atoms with van der Waals surface area (Å²) in [5, 5.41) is 23.3. The van der Waals surface area contributed by atoms with E-state index in [-0.39, 0.29) is 21.8 Å². The van der Waals surface area contributed by atoms with Crippen LogP contribution in [0.25, 0.3) is 6.08 Å². The molecule has 8 heteroatoms. The van der Waals surface area contributed by atoms with Gasteiger partial charge in [0.25, 0.3) is 11.6 Å². The van der Waals surface area contributed by atoms with E-state index >= 15 is 0 Å². The lowest BCUT2D eigenvalue weighted by Crippen LogP contribution is -2.14. The van der Waals surface area contributed by atoms with Gasteiger partial charge in [0.05, 0.1) is 4.92 Å². The first-order valence-corrected chi connectivity index (χ1v) is 7.71. The number of amides is 1. The summed E-state index contributed by atoms with van der Waals surface area (Å²) >= 11 is 12.0. The average molecular weight is 376 g/mol. The van der Waals surface area contributed by atoms with Gasteiger partial charge in [-0.15, -0.1) is 0 Å². The topological polar surface area (TPSA) is 96.0 Å². The average Bonchev–Trinajstić information content (AvgIpc) is 2.57. The van der Waals surface area contributed by atoms with Crippen molar-refractivity contribution in [2.75, 3.05) is 5.32 Å². The summed E-state index contributed by atoms with van der Waals surface area (Å²) in [7, 11) is 0. The third-order valence-electron chi connectivity index (χ3n) is 3.37. The summed E-state index contributed by atoms with van der Waals surface area (Å²) < 4.78 is 0. The molecule has 0 fully saturated rings. The number of nitriles is 1. The van der Waals surface area contributed by atoms with Crippen LogP contribution < -0.4 is 5.32 Å². The van der Waals surface area contributed by atoms with E-state index in [2.05, 4.69) is 5.32 Å². The number of hydrogen-bond acceptors (Lipinski definition) is 4. The Balaban J connectivity index is 2.36. The van der Waals surface area contributed by atoms with Crippen molar-refractivity contribution in [1.29, 1.82) is 5.26 Å². The lowest BCUT2D eigenvalue weighted by Gasteiger charge is -2.09. The summed E-state index contributed by atoms with van der Waals surface area (Å²) in [5.74, 6) is -0.671. The van der Waals surface area contributed by atoms with Gasteiger partial charge in [-0.05, 0) is 36.8 Å². The highest BCUT2D eigenvalue weighted by atomic mass is 35.5. The molecule has 0 aliphatic rings. The summed E-state index contributed by atoms with van der Waals surface area (Å²) in [6.45, 7) is 1.73. The van der Waals surface area contributed by atoms with E-state index in [1.165, 1.54) is 24.3 Å². The molecule has 0 unspecified atom stereocenters. The minimum absolute atomic E-state index is 0.185. The molecule has 126 valence electrons. The number of carbonyl (C=O) groups is 1. The highest BCUT2D eigenvalue weighted by Crippen LogP contribution is 2.26. The fourth-order valence-corrected chi connectivity index (χ4v) is 2.34. The van der Waals surface area contributed by atoms with Gasteiger partial charge in [-0.3, -0.25) is 14.9 Å². The van der Waals surface area contributed by atoms with Crippen LogP contribution in [0, 0.1) is 28.4 Å². The molecule has 0 saturated heterocycles. The van der Waals surface area contributed by atoms with E-state index in [4.69, 9.17) is 23.2 Å². The normalized spacial score (nSPS) is 10.9. The first-order valence-electron chi connectivity index (χ1n) is 6.95. The highest BCUT2D eigenvalue weighted by molar-refractivity contribution is 6.32. The van der Waals surface area contributed by atoms with Gasteiger partial charge in [-0.2, -0.15) is 5.26 Å². The molecule has 2 aromatic rings. The number of nitro groups is 1. The number of nitrogens with one attached hydrogen (secondary N) is 1. The second kappa shape index (κ2) is 7.79. The molecular formula is C17H11Cl2N3O3. The SMILES string of the molecule is Cc1c(Cl)cccc1NC(=O)/C(C#N)=C/c1cc([N+](=O)[O-])ccc1Cl. The van der Waals surface area contributed by atoms with E-state index in [9.17, 15) is 20.2 Å². The van der Waals surface area contributed by atoms with Gasteiger partial charge in [-0.25, -0.2) is 0 Å². The minimum Gasteiger partial charge on any atom is -0.321 e. The molecule has 0 aliphatic heterocycles. The monoisotopic (exact) mass is 375 g/mol. The molecule has 0 aromatic heterocycles. The lowest BCUT2D eigenvalue weighted by molar-refractivity contribution is -0.384. The van der Waals surface area contributed by atoms with Gasteiger partial charge < -0.3 is 5.32 Å². The van der Waals surface area contributed by atoms with Crippen molar-refractivity contribution in [3.05, 3.63) is 73.3 Å². The van der Waals surface area contributed by atoms with Crippen molar-refractivity contribution >= 4 is 46.6 Å². The fraction of sp³-hybridized carbons (Fsp3) is 0.0588. The maximum atomic E-state index is 12.3. The van der Waals surface area contributed by atoms with Crippen LogP contribution in [-0.2, 0) is 4.79 Å². The Kier molecular flexibility index (Phi) is 5.75. The van der Waals surface area contributed by atoms with Gasteiger partial charge >= 0.3 is 0 Å². The first-order chi connectivity index (χ1) is 11.8. The minimum atomic E-state index is -0.671. The molecule has 0 radical (unpaired) electrons. The molecule has 2 aromatic carbocycles. The quantitative estimate of drug-likeness (QED) is 0.360. The Bertz CT molecular complexity index is 933. The number of rotatable bonds is 4. The van der Waals surface area contributed by atoms with Gasteiger partial charge in [0.1, 0.15) is 11.6 Å². The van der Waals surface area contributed by atoms with E-state index in [0.717, 1.165) is 0 Å². The molecule has 1 amide bonds. The maximum Gasteiger partial charge on any atom is 0.270 e. The zero-order chi connectivity index (χ0) is 18.6. The molecule has 0 spiro atoms. The predicted molar refractivity (Wildman–Crippen MR) is 96.5 cm³/mol. The number of anilines is 1. The Morgan fingerprint density at radius 3 is 2.64 bits per heavy atom. The Morgan fingerprint density at radius 2 is 2.00 bits per heavy atom. The zero-order valence-electron chi connectivity index (χ0n) is 12.9. The molecule has 0 heterocycles. The third kappa shape index (κ3) is 4.35. The van der Waals surface area contributed by atoms with Crippen molar-refractivity contribution in [3.8, 4) is 6.07 Å². The second-order valence-electron chi connectivity index (χ2n) is 5.00. The van der Waals surface area contributed by atoms with E-state index in [1.807, 2.05) is 0 Å². The Hall–Kier alpha value is -2.88. The molecule has 0 saturated carbocycles. The molecule has 6 nitrogen and oxygen atoms in total. The van der Waals surface area contributed by atoms with E-state index in [1.54, 1.807) is 31.2 Å². The zero-order valence-corrected chi connectivity index (χ0v) is 14.4. The van der Waals surface area contributed by atoms with Gasteiger partial charge in [0.15, 0.2) is 0 Å². The number of carbonyl (C=O) groups excluding carboxylic acids is 1. The Labute approximate surface area is 153 Å². The standard InChI is InChI=1S/C17H11Cl2N3O3/c1-10-14(18)3-2-4-16(10)21-17(23)12(9-20)7-11-8-13(22(24)25)5-6-15(11)19/h2-8H,1H3,(H,21,23)/b12-7+. The van der Waals surface area contributed by atoms with Crippen LogP contribution in [-0.4, -0.2) is 10.8 Å². The van der Waals surface area contributed by atoms with E-state index in [0.29, 0.717) is 16.3 Å². The van der Waals surface area contributed by atoms with E-state index < -0.39 is 10.8 Å².